The summed E-state index contributed by atoms with van der Waals surface area (Å²) in [6.07, 6.45) is 0. The number of rotatable bonds is 4. The molecule has 0 saturated heterocycles. The average Bonchev–Trinajstić information content (AvgIpc) is 2.86. The van der Waals surface area contributed by atoms with E-state index in [1.54, 1.807) is 36.4 Å². The van der Waals surface area contributed by atoms with Gasteiger partial charge in [0, 0.05) is 10.2 Å². The second-order valence-electron chi connectivity index (χ2n) is 5.28. The number of esters is 1. The number of benzene rings is 2. The van der Waals surface area contributed by atoms with E-state index in [2.05, 4.69) is 21.2 Å². The zero-order valence-corrected chi connectivity index (χ0v) is 15.8. The number of para-hydroxylation sites is 1. The first-order chi connectivity index (χ1) is 12.4. The van der Waals surface area contributed by atoms with Crippen molar-refractivity contribution >= 4 is 56.7 Å². The predicted octanol–water partition coefficient (Wildman–Crippen LogP) is 3.67. The van der Waals surface area contributed by atoms with Gasteiger partial charge in [-0.15, -0.1) is 0 Å². The van der Waals surface area contributed by atoms with E-state index in [9.17, 15) is 14.4 Å². The number of amides is 2. The van der Waals surface area contributed by atoms with Crippen LogP contribution in [0.5, 0.6) is 0 Å². The zero-order valence-electron chi connectivity index (χ0n) is 13.5. The highest BCUT2D eigenvalue weighted by atomic mass is 79.9. The van der Waals surface area contributed by atoms with Crippen molar-refractivity contribution in [2.24, 2.45) is 0 Å². The largest absolute Gasteiger partial charge is 0.465 e. The van der Waals surface area contributed by atoms with Gasteiger partial charge in [-0.05, 0) is 36.4 Å². The van der Waals surface area contributed by atoms with Crippen LogP contribution >= 0.6 is 27.5 Å². The van der Waals surface area contributed by atoms with Gasteiger partial charge in [-0.1, -0.05) is 39.7 Å². The first-order valence-electron chi connectivity index (χ1n) is 7.42. The molecular weight excluding hydrogens is 424 g/mol. The summed E-state index contributed by atoms with van der Waals surface area (Å²) in [5, 5.41) is 2.61. The van der Waals surface area contributed by atoms with Crippen LogP contribution in [0.3, 0.4) is 0 Å². The van der Waals surface area contributed by atoms with Gasteiger partial charge >= 0.3 is 5.97 Å². The lowest BCUT2D eigenvalue weighted by atomic mass is 10.1. The molecule has 0 unspecified atom stereocenters. The van der Waals surface area contributed by atoms with Gasteiger partial charge in [0.25, 0.3) is 11.8 Å². The number of nitrogens with one attached hydrogen (secondary N) is 1. The third-order valence-corrected chi connectivity index (χ3v) is 4.57. The van der Waals surface area contributed by atoms with E-state index in [-0.39, 0.29) is 22.0 Å². The van der Waals surface area contributed by atoms with Gasteiger partial charge in [-0.25, -0.2) is 9.69 Å². The summed E-state index contributed by atoms with van der Waals surface area (Å²) in [4.78, 5) is 38.2. The normalized spacial score (nSPS) is 14.0. The molecule has 0 atom stereocenters. The van der Waals surface area contributed by atoms with Crippen molar-refractivity contribution in [1.29, 1.82) is 0 Å². The number of methoxy groups -OCH3 is 1. The van der Waals surface area contributed by atoms with Crippen LogP contribution in [0.25, 0.3) is 0 Å². The lowest BCUT2D eigenvalue weighted by molar-refractivity contribution is -0.120. The zero-order chi connectivity index (χ0) is 18.8. The third-order valence-electron chi connectivity index (χ3n) is 3.69. The highest BCUT2D eigenvalue weighted by Crippen LogP contribution is 2.32. The van der Waals surface area contributed by atoms with Crippen LogP contribution in [-0.2, 0) is 14.3 Å². The van der Waals surface area contributed by atoms with Crippen molar-refractivity contribution in [2.75, 3.05) is 17.3 Å². The Hall–Kier alpha value is -2.64. The van der Waals surface area contributed by atoms with Crippen LogP contribution in [0.2, 0.25) is 0 Å². The molecule has 0 aliphatic carbocycles. The molecule has 0 aromatic heterocycles. The van der Waals surface area contributed by atoms with Crippen LogP contribution in [0.1, 0.15) is 10.4 Å². The molecule has 0 spiro atoms. The number of hydrogen-bond acceptors (Lipinski definition) is 5. The summed E-state index contributed by atoms with van der Waals surface area (Å²) < 4.78 is 5.58. The van der Waals surface area contributed by atoms with Crippen molar-refractivity contribution in [3.8, 4) is 0 Å². The maximum Gasteiger partial charge on any atom is 0.339 e. The second-order valence-corrected chi connectivity index (χ2v) is 6.57. The number of carbonyl (C=O) groups is 3. The monoisotopic (exact) mass is 434 g/mol. The van der Waals surface area contributed by atoms with Crippen LogP contribution in [0, 0.1) is 0 Å². The Morgan fingerprint density at radius 2 is 1.73 bits per heavy atom. The standard InChI is InChI=1S/C18H12BrClN2O4/c1-26-18(25)12-4-2-3-5-13(12)22-16(23)14(20)15(17(22)24)21-11-8-6-10(19)7-9-11/h2-9,21H,1H3. The van der Waals surface area contributed by atoms with Crippen molar-refractivity contribution < 1.29 is 19.1 Å². The molecule has 1 aliphatic heterocycles. The highest BCUT2D eigenvalue weighted by molar-refractivity contribution is 9.10. The van der Waals surface area contributed by atoms with E-state index in [1.165, 1.54) is 19.2 Å². The smallest absolute Gasteiger partial charge is 0.339 e. The first kappa shape index (κ1) is 18.2. The van der Waals surface area contributed by atoms with Gasteiger partial charge in [0.2, 0.25) is 0 Å². The maximum atomic E-state index is 12.8. The quantitative estimate of drug-likeness (QED) is 0.586. The highest BCUT2D eigenvalue weighted by Gasteiger charge is 2.40. The number of hydrogen-bond donors (Lipinski definition) is 1. The van der Waals surface area contributed by atoms with Crippen molar-refractivity contribution in [3.05, 3.63) is 69.3 Å². The van der Waals surface area contributed by atoms with E-state index >= 15 is 0 Å². The van der Waals surface area contributed by atoms with Crippen molar-refractivity contribution in [1.82, 2.24) is 0 Å². The van der Waals surface area contributed by atoms with Crippen LogP contribution in [0.15, 0.2) is 63.7 Å². The Kier molecular flexibility index (Phi) is 5.11. The Morgan fingerprint density at radius 3 is 2.38 bits per heavy atom. The number of anilines is 2. The SMILES string of the molecule is COC(=O)c1ccccc1N1C(=O)C(Cl)=C(Nc2ccc(Br)cc2)C1=O. The van der Waals surface area contributed by atoms with Gasteiger partial charge in [-0.3, -0.25) is 9.59 Å². The molecule has 132 valence electrons. The lowest BCUT2D eigenvalue weighted by Crippen LogP contribution is -2.33. The first-order valence-corrected chi connectivity index (χ1v) is 8.59. The Labute approximate surface area is 162 Å². The molecule has 8 heteroatoms. The minimum Gasteiger partial charge on any atom is -0.465 e. The molecule has 0 radical (unpaired) electrons. The van der Waals surface area contributed by atoms with Gasteiger partial charge < -0.3 is 10.1 Å². The van der Waals surface area contributed by atoms with E-state index in [0.717, 1.165) is 9.37 Å². The molecule has 0 fully saturated rings. The molecule has 2 aromatic rings. The number of nitrogens with zero attached hydrogens (tertiary/aromatic N) is 1. The van der Waals surface area contributed by atoms with E-state index in [4.69, 9.17) is 16.3 Å². The molecule has 0 bridgehead atoms. The molecule has 2 aromatic carbocycles. The Morgan fingerprint density at radius 1 is 1.08 bits per heavy atom. The number of carbonyl (C=O) groups excluding carboxylic acids is 3. The maximum absolute atomic E-state index is 12.8. The fraction of sp³-hybridized carbons (Fsp3) is 0.0556. The molecular formula is C18H12BrClN2O4. The molecule has 1 aliphatic rings. The van der Waals surface area contributed by atoms with Crippen molar-refractivity contribution in [2.45, 2.75) is 0 Å². The summed E-state index contributed by atoms with van der Waals surface area (Å²) in [6, 6.07) is 13.2. The minimum atomic E-state index is -0.715. The van der Waals surface area contributed by atoms with Gasteiger partial charge in [0.05, 0.1) is 18.4 Å². The average molecular weight is 436 g/mol. The van der Waals surface area contributed by atoms with E-state index in [0.29, 0.717) is 5.69 Å². The molecule has 1 heterocycles. The van der Waals surface area contributed by atoms with E-state index in [1.807, 2.05) is 0 Å². The van der Waals surface area contributed by atoms with Crippen molar-refractivity contribution in [3.63, 3.8) is 0 Å². The fourth-order valence-corrected chi connectivity index (χ4v) is 2.94. The lowest BCUT2D eigenvalue weighted by Gasteiger charge is -2.17. The van der Waals surface area contributed by atoms with E-state index < -0.39 is 17.8 Å². The molecule has 0 saturated carbocycles. The number of imide groups is 1. The fourth-order valence-electron chi connectivity index (χ4n) is 2.46. The van der Waals surface area contributed by atoms with Crippen LogP contribution in [0.4, 0.5) is 11.4 Å². The summed E-state index contributed by atoms with van der Waals surface area (Å²) >= 11 is 9.42. The molecule has 1 N–H and O–H groups in total. The minimum absolute atomic E-state index is 0.0568. The molecule has 26 heavy (non-hydrogen) atoms. The van der Waals surface area contributed by atoms with Gasteiger partial charge in [0.1, 0.15) is 10.7 Å². The topological polar surface area (TPSA) is 75.7 Å². The summed E-state index contributed by atoms with van der Waals surface area (Å²) in [6.45, 7) is 0. The van der Waals surface area contributed by atoms with Crippen LogP contribution < -0.4 is 10.2 Å². The third kappa shape index (κ3) is 3.23. The van der Waals surface area contributed by atoms with Gasteiger partial charge in [0.15, 0.2) is 0 Å². The Balaban J connectivity index is 1.96. The predicted molar refractivity (Wildman–Crippen MR) is 101 cm³/mol. The second kappa shape index (κ2) is 7.31. The van der Waals surface area contributed by atoms with Gasteiger partial charge in [-0.2, -0.15) is 0 Å². The number of halogens is 2. The molecule has 2 amide bonds. The van der Waals surface area contributed by atoms with Crippen LogP contribution in [-0.4, -0.2) is 24.9 Å². The summed E-state index contributed by atoms with van der Waals surface area (Å²) in [7, 11) is 1.22. The molecule has 3 rings (SSSR count). The summed E-state index contributed by atoms with van der Waals surface area (Å²) in [5.74, 6) is -2.03. The number of ether oxygens (including phenoxy) is 1. The Bertz CT molecular complexity index is 940. The molecule has 6 nitrogen and oxygen atoms in total. The summed E-state index contributed by atoms with van der Waals surface area (Å²) in [5.41, 5.74) is 0.732.